The maximum absolute atomic E-state index is 12.5. The molecule has 1 aliphatic rings. The quantitative estimate of drug-likeness (QED) is 0.769. The molecule has 2 nitrogen and oxygen atoms in total. The second-order valence-electron chi connectivity index (χ2n) is 4.42. The highest BCUT2D eigenvalue weighted by molar-refractivity contribution is 6.16. The largest absolute Gasteiger partial charge is 0.391 e. The van der Waals surface area contributed by atoms with E-state index in [9.17, 15) is 13.2 Å². The fraction of sp³-hybridized carbons (Fsp3) is 0.583. The number of anilines is 1. The summed E-state index contributed by atoms with van der Waals surface area (Å²) in [6.45, 7) is 0.784. The van der Waals surface area contributed by atoms with E-state index in [-0.39, 0.29) is 12.8 Å². The van der Waals surface area contributed by atoms with Crippen LogP contribution >= 0.6 is 11.6 Å². The van der Waals surface area contributed by atoms with E-state index in [1.807, 2.05) is 17.0 Å². The van der Waals surface area contributed by atoms with Gasteiger partial charge in [0.25, 0.3) is 0 Å². The molecule has 1 fully saturated rings. The number of hydrogen-bond acceptors (Lipinski definition) is 2. The molecule has 2 rings (SSSR count). The number of hydrogen-bond donors (Lipinski definition) is 0. The molecule has 0 spiro atoms. The Kier molecular flexibility index (Phi) is 4.00. The molecule has 0 atom stereocenters. The fourth-order valence-corrected chi connectivity index (χ4v) is 2.30. The highest BCUT2D eigenvalue weighted by Crippen LogP contribution is 2.35. The third kappa shape index (κ3) is 3.07. The molecule has 0 saturated carbocycles. The van der Waals surface area contributed by atoms with Crippen molar-refractivity contribution in [2.45, 2.75) is 24.9 Å². The van der Waals surface area contributed by atoms with Crippen LogP contribution in [0.4, 0.5) is 19.0 Å². The monoisotopic (exact) mass is 278 g/mol. The van der Waals surface area contributed by atoms with Crippen molar-refractivity contribution in [1.29, 1.82) is 0 Å². The molecule has 1 aromatic rings. The van der Waals surface area contributed by atoms with Gasteiger partial charge in [-0.3, -0.25) is 0 Å². The van der Waals surface area contributed by atoms with Crippen LogP contribution in [0.1, 0.15) is 18.5 Å². The average molecular weight is 279 g/mol. The lowest BCUT2D eigenvalue weighted by atomic mass is 9.96. The number of halogens is 4. The van der Waals surface area contributed by atoms with E-state index in [4.69, 9.17) is 11.6 Å². The minimum atomic E-state index is -4.07. The molecule has 0 unspecified atom stereocenters. The van der Waals surface area contributed by atoms with E-state index >= 15 is 0 Å². The van der Waals surface area contributed by atoms with Gasteiger partial charge < -0.3 is 4.90 Å². The predicted octanol–water partition coefficient (Wildman–Crippen LogP) is 3.60. The van der Waals surface area contributed by atoms with Crippen molar-refractivity contribution >= 4 is 17.4 Å². The van der Waals surface area contributed by atoms with Crippen LogP contribution in [0.5, 0.6) is 0 Å². The van der Waals surface area contributed by atoms with Crippen molar-refractivity contribution in [3.63, 3.8) is 0 Å². The number of piperidine rings is 1. The van der Waals surface area contributed by atoms with E-state index < -0.39 is 12.1 Å². The molecular weight excluding hydrogens is 265 g/mol. The molecule has 0 bridgehead atoms. The maximum Gasteiger partial charge on any atom is 0.391 e. The molecule has 0 radical (unpaired) electrons. The molecule has 0 aliphatic carbocycles. The van der Waals surface area contributed by atoms with Crippen LogP contribution in [0.15, 0.2) is 18.2 Å². The molecule has 2 heterocycles. The van der Waals surface area contributed by atoms with Gasteiger partial charge in [-0.05, 0) is 25.0 Å². The summed E-state index contributed by atoms with van der Waals surface area (Å²) in [4.78, 5) is 6.20. The van der Waals surface area contributed by atoms with Gasteiger partial charge in [-0.25, -0.2) is 4.98 Å². The predicted molar refractivity (Wildman–Crippen MR) is 64.8 cm³/mol. The molecule has 18 heavy (non-hydrogen) atoms. The van der Waals surface area contributed by atoms with E-state index in [2.05, 4.69) is 4.98 Å². The number of nitrogens with zero attached hydrogens (tertiary/aromatic N) is 2. The van der Waals surface area contributed by atoms with Crippen LogP contribution in [0, 0.1) is 5.92 Å². The summed E-state index contributed by atoms with van der Waals surface area (Å²) in [5, 5.41) is 0. The Hall–Kier alpha value is -0.970. The number of aromatic nitrogens is 1. The van der Waals surface area contributed by atoms with Gasteiger partial charge in [-0.2, -0.15) is 13.2 Å². The van der Waals surface area contributed by atoms with Crippen molar-refractivity contribution in [1.82, 2.24) is 4.98 Å². The molecule has 0 aromatic carbocycles. The van der Waals surface area contributed by atoms with E-state index in [0.717, 1.165) is 5.69 Å². The lowest BCUT2D eigenvalue weighted by Crippen LogP contribution is -2.39. The minimum absolute atomic E-state index is 0.135. The van der Waals surface area contributed by atoms with Crippen molar-refractivity contribution in [3.05, 3.63) is 23.9 Å². The molecule has 1 saturated heterocycles. The SMILES string of the molecule is FC(F)(F)C1CCN(c2cccc(CCl)n2)CC1. The second kappa shape index (κ2) is 5.34. The third-order valence-corrected chi connectivity index (χ3v) is 3.48. The van der Waals surface area contributed by atoms with Gasteiger partial charge in [0.15, 0.2) is 0 Å². The van der Waals surface area contributed by atoms with Gasteiger partial charge in [0.2, 0.25) is 0 Å². The first-order valence-corrected chi connectivity index (χ1v) is 6.37. The van der Waals surface area contributed by atoms with Gasteiger partial charge >= 0.3 is 6.18 Å². The summed E-state index contributed by atoms with van der Waals surface area (Å²) in [5.74, 6) is -0.147. The second-order valence-corrected chi connectivity index (χ2v) is 4.69. The molecule has 100 valence electrons. The van der Waals surface area contributed by atoms with Crippen molar-refractivity contribution in [2.24, 2.45) is 5.92 Å². The number of rotatable bonds is 2. The van der Waals surface area contributed by atoms with Gasteiger partial charge in [0.05, 0.1) is 17.5 Å². The number of pyridine rings is 1. The van der Waals surface area contributed by atoms with E-state index in [1.165, 1.54) is 0 Å². The first kappa shape index (κ1) is 13.5. The van der Waals surface area contributed by atoms with Crippen LogP contribution in [0.3, 0.4) is 0 Å². The minimum Gasteiger partial charge on any atom is -0.357 e. The summed E-state index contributed by atoms with van der Waals surface area (Å²) in [5.41, 5.74) is 0.743. The van der Waals surface area contributed by atoms with E-state index in [1.54, 1.807) is 6.07 Å². The Morgan fingerprint density at radius 1 is 1.28 bits per heavy atom. The van der Waals surface area contributed by atoms with Crippen LogP contribution < -0.4 is 4.90 Å². The summed E-state index contributed by atoms with van der Waals surface area (Å²) in [7, 11) is 0. The third-order valence-electron chi connectivity index (χ3n) is 3.21. The topological polar surface area (TPSA) is 16.1 Å². The van der Waals surface area contributed by atoms with Gasteiger partial charge in [0.1, 0.15) is 5.82 Å². The van der Waals surface area contributed by atoms with Crippen LogP contribution in [-0.4, -0.2) is 24.2 Å². The smallest absolute Gasteiger partial charge is 0.357 e. The van der Waals surface area contributed by atoms with Crippen LogP contribution in [0.2, 0.25) is 0 Å². The average Bonchev–Trinajstić information content (AvgIpc) is 2.38. The van der Waals surface area contributed by atoms with Crippen LogP contribution in [0.25, 0.3) is 0 Å². The highest BCUT2D eigenvalue weighted by atomic mass is 35.5. The Morgan fingerprint density at radius 3 is 2.50 bits per heavy atom. The zero-order valence-electron chi connectivity index (χ0n) is 9.75. The lowest BCUT2D eigenvalue weighted by Gasteiger charge is -2.33. The Labute approximate surface area is 109 Å². The normalized spacial score (nSPS) is 18.1. The summed E-state index contributed by atoms with van der Waals surface area (Å²) >= 11 is 5.69. The van der Waals surface area contributed by atoms with Crippen molar-refractivity contribution in [2.75, 3.05) is 18.0 Å². The summed E-state index contributed by atoms with van der Waals surface area (Å²) < 4.78 is 37.6. The zero-order chi connectivity index (χ0) is 13.2. The Balaban J connectivity index is 2.01. The Morgan fingerprint density at radius 2 is 1.94 bits per heavy atom. The summed E-state index contributed by atoms with van der Waals surface area (Å²) in [6.07, 6.45) is -3.80. The van der Waals surface area contributed by atoms with Crippen LogP contribution in [-0.2, 0) is 5.88 Å². The molecule has 0 amide bonds. The van der Waals surface area contributed by atoms with E-state index in [0.29, 0.717) is 24.8 Å². The van der Waals surface area contributed by atoms with Gasteiger partial charge in [0, 0.05) is 13.1 Å². The molecule has 0 N–H and O–H groups in total. The fourth-order valence-electron chi connectivity index (χ4n) is 2.15. The first-order valence-electron chi connectivity index (χ1n) is 5.84. The lowest BCUT2D eigenvalue weighted by molar-refractivity contribution is -0.179. The molecular formula is C12H14ClF3N2. The van der Waals surface area contributed by atoms with Gasteiger partial charge in [-0.1, -0.05) is 6.07 Å². The standard InChI is InChI=1S/C12H14ClF3N2/c13-8-10-2-1-3-11(17-10)18-6-4-9(5-7-18)12(14,15)16/h1-3,9H,4-8H2. The molecule has 6 heteroatoms. The first-order chi connectivity index (χ1) is 8.50. The number of alkyl halides is 4. The highest BCUT2D eigenvalue weighted by Gasteiger charge is 2.41. The zero-order valence-corrected chi connectivity index (χ0v) is 10.5. The molecule has 1 aromatic heterocycles. The Bertz CT molecular complexity index is 401. The maximum atomic E-state index is 12.5. The van der Waals surface area contributed by atoms with Gasteiger partial charge in [-0.15, -0.1) is 11.6 Å². The molecule has 1 aliphatic heterocycles. The summed E-state index contributed by atoms with van der Waals surface area (Å²) in [6, 6.07) is 5.44. The van der Waals surface area contributed by atoms with Crippen molar-refractivity contribution in [3.8, 4) is 0 Å². The van der Waals surface area contributed by atoms with Crippen molar-refractivity contribution < 1.29 is 13.2 Å².